The summed E-state index contributed by atoms with van der Waals surface area (Å²) in [5.41, 5.74) is 3.58. The molecule has 1 aromatic heterocycles. The fraction of sp³-hybridized carbons (Fsp3) is 0.292. The lowest BCUT2D eigenvalue weighted by Crippen LogP contribution is -2.30. The van der Waals surface area contributed by atoms with Crippen LogP contribution in [0.1, 0.15) is 51.0 Å². The van der Waals surface area contributed by atoms with Crippen LogP contribution in [-0.4, -0.2) is 33.0 Å². The predicted octanol–water partition coefficient (Wildman–Crippen LogP) is 3.56. The zero-order chi connectivity index (χ0) is 21.8. The summed E-state index contributed by atoms with van der Waals surface area (Å²) in [5, 5.41) is 7.22. The van der Waals surface area contributed by atoms with Gasteiger partial charge < -0.3 is 10.2 Å². The van der Waals surface area contributed by atoms with Gasteiger partial charge in [0.25, 0.3) is 11.8 Å². The van der Waals surface area contributed by atoms with Gasteiger partial charge in [-0.15, -0.1) is 0 Å². The third kappa shape index (κ3) is 4.82. The second-order valence-electron chi connectivity index (χ2n) is 7.70. The van der Waals surface area contributed by atoms with Gasteiger partial charge in [0.2, 0.25) is 0 Å². The number of benzene rings is 2. The molecule has 2 heterocycles. The number of rotatable bonds is 6. The topological polar surface area (TPSA) is 67.2 Å². The van der Waals surface area contributed by atoms with E-state index in [4.69, 9.17) is 0 Å². The predicted molar refractivity (Wildman–Crippen MR) is 115 cm³/mol. The fourth-order valence-electron chi connectivity index (χ4n) is 3.72. The highest BCUT2D eigenvalue weighted by molar-refractivity contribution is 5.98. The number of halogens is 1. The molecule has 0 saturated carbocycles. The first-order valence-corrected chi connectivity index (χ1v) is 10.5. The Kier molecular flexibility index (Phi) is 6.11. The molecule has 31 heavy (non-hydrogen) atoms. The van der Waals surface area contributed by atoms with Crippen molar-refractivity contribution in [2.45, 2.75) is 39.4 Å². The van der Waals surface area contributed by atoms with Gasteiger partial charge in [-0.1, -0.05) is 43.3 Å². The maximum absolute atomic E-state index is 13.5. The molecular weight excluding hydrogens is 395 g/mol. The van der Waals surface area contributed by atoms with Crippen LogP contribution in [0.25, 0.3) is 0 Å². The van der Waals surface area contributed by atoms with Crippen LogP contribution in [0.5, 0.6) is 0 Å². The second-order valence-corrected chi connectivity index (χ2v) is 7.70. The molecule has 0 fully saturated rings. The lowest BCUT2D eigenvalue weighted by molar-refractivity contribution is 0.0745. The van der Waals surface area contributed by atoms with Crippen LogP contribution in [0.4, 0.5) is 4.39 Å². The van der Waals surface area contributed by atoms with Gasteiger partial charge in [-0.3, -0.25) is 14.3 Å². The van der Waals surface area contributed by atoms with Crippen molar-refractivity contribution in [3.8, 4) is 0 Å². The van der Waals surface area contributed by atoms with Gasteiger partial charge in [0.1, 0.15) is 11.5 Å². The van der Waals surface area contributed by atoms with Crippen LogP contribution in [0.3, 0.4) is 0 Å². The highest BCUT2D eigenvalue weighted by Crippen LogP contribution is 2.17. The van der Waals surface area contributed by atoms with Crippen LogP contribution in [0, 0.1) is 5.82 Å². The summed E-state index contributed by atoms with van der Waals surface area (Å²) < 4.78 is 15.1. The smallest absolute Gasteiger partial charge is 0.272 e. The van der Waals surface area contributed by atoms with E-state index in [1.165, 1.54) is 17.7 Å². The van der Waals surface area contributed by atoms with E-state index in [0.29, 0.717) is 38.3 Å². The van der Waals surface area contributed by atoms with Gasteiger partial charge in [0.15, 0.2) is 5.69 Å². The lowest BCUT2D eigenvalue weighted by Gasteiger charge is -2.20. The molecule has 0 radical (unpaired) electrons. The maximum Gasteiger partial charge on any atom is 0.272 e. The number of nitrogens with zero attached hydrogens (tertiary/aromatic N) is 3. The fourth-order valence-corrected chi connectivity index (χ4v) is 3.72. The van der Waals surface area contributed by atoms with Crippen LogP contribution >= 0.6 is 0 Å². The largest absolute Gasteiger partial charge is 0.347 e. The van der Waals surface area contributed by atoms with Crippen molar-refractivity contribution in [1.82, 2.24) is 20.0 Å². The minimum absolute atomic E-state index is 0.205. The molecule has 0 atom stereocenters. The Hall–Kier alpha value is -3.48. The van der Waals surface area contributed by atoms with E-state index >= 15 is 0 Å². The molecule has 0 unspecified atom stereocenters. The first kappa shape index (κ1) is 20.8. The average Bonchev–Trinajstić information content (AvgIpc) is 3.15. The van der Waals surface area contributed by atoms with Gasteiger partial charge in [-0.2, -0.15) is 5.10 Å². The Morgan fingerprint density at radius 1 is 1.06 bits per heavy atom. The van der Waals surface area contributed by atoms with Crippen LogP contribution in [0.2, 0.25) is 0 Å². The van der Waals surface area contributed by atoms with Crippen LogP contribution < -0.4 is 5.32 Å². The molecule has 0 saturated heterocycles. The maximum atomic E-state index is 13.5. The standard InChI is InChI=1S/C24H25FN4O2/c1-2-17-7-9-18(10-8-17)15-26-23(30)21-14-22-24(31)28(11-4-12-29(22)27-21)16-19-5-3-6-20(25)13-19/h3,5-10,13-14H,2,4,11-12,15-16H2,1H3,(H,26,30). The summed E-state index contributed by atoms with van der Waals surface area (Å²) in [4.78, 5) is 27.3. The Morgan fingerprint density at radius 3 is 2.58 bits per heavy atom. The number of amides is 2. The molecule has 2 amide bonds. The zero-order valence-electron chi connectivity index (χ0n) is 17.5. The highest BCUT2D eigenvalue weighted by atomic mass is 19.1. The van der Waals surface area contributed by atoms with E-state index in [9.17, 15) is 14.0 Å². The molecule has 160 valence electrons. The minimum atomic E-state index is -0.326. The van der Waals surface area contributed by atoms with E-state index in [-0.39, 0.29) is 23.3 Å². The van der Waals surface area contributed by atoms with E-state index < -0.39 is 0 Å². The molecule has 1 aliphatic rings. The third-order valence-electron chi connectivity index (χ3n) is 5.46. The van der Waals surface area contributed by atoms with Gasteiger partial charge in [-0.05, 0) is 41.7 Å². The highest BCUT2D eigenvalue weighted by Gasteiger charge is 2.26. The summed E-state index contributed by atoms with van der Waals surface area (Å²) >= 11 is 0. The second kappa shape index (κ2) is 9.12. The van der Waals surface area contributed by atoms with Crippen molar-refractivity contribution >= 4 is 11.8 Å². The molecule has 6 nitrogen and oxygen atoms in total. The van der Waals surface area contributed by atoms with Crippen molar-refractivity contribution in [3.63, 3.8) is 0 Å². The van der Waals surface area contributed by atoms with Gasteiger partial charge >= 0.3 is 0 Å². The summed E-state index contributed by atoms with van der Waals surface area (Å²) in [6.45, 7) is 3.91. The van der Waals surface area contributed by atoms with Crippen molar-refractivity contribution in [2.24, 2.45) is 0 Å². The number of hydrogen-bond acceptors (Lipinski definition) is 3. The molecule has 0 spiro atoms. The number of hydrogen-bond donors (Lipinski definition) is 1. The van der Waals surface area contributed by atoms with Gasteiger partial charge in [0, 0.05) is 32.2 Å². The van der Waals surface area contributed by atoms with Gasteiger partial charge in [0.05, 0.1) is 0 Å². The summed E-state index contributed by atoms with van der Waals surface area (Å²) in [7, 11) is 0. The summed E-state index contributed by atoms with van der Waals surface area (Å²) in [6.07, 6.45) is 1.68. The molecular formula is C24H25FN4O2. The minimum Gasteiger partial charge on any atom is -0.347 e. The number of nitrogens with one attached hydrogen (secondary N) is 1. The Balaban J connectivity index is 1.44. The number of carbonyl (C=O) groups excluding carboxylic acids is 2. The molecule has 3 aromatic rings. The SMILES string of the molecule is CCc1ccc(CNC(=O)c2cc3n(n2)CCCN(Cc2cccc(F)c2)C3=O)cc1. The van der Waals surface area contributed by atoms with E-state index in [2.05, 4.69) is 17.3 Å². The first-order chi connectivity index (χ1) is 15.0. The Morgan fingerprint density at radius 2 is 1.84 bits per heavy atom. The van der Waals surface area contributed by atoms with Crippen molar-refractivity contribution in [3.05, 3.63) is 88.5 Å². The average molecular weight is 420 g/mol. The zero-order valence-corrected chi connectivity index (χ0v) is 17.5. The molecule has 1 N–H and O–H groups in total. The van der Waals surface area contributed by atoms with E-state index in [1.54, 1.807) is 27.8 Å². The quantitative estimate of drug-likeness (QED) is 0.663. The summed E-state index contributed by atoms with van der Waals surface area (Å²) in [5.74, 6) is -0.846. The van der Waals surface area contributed by atoms with E-state index in [0.717, 1.165) is 17.5 Å². The van der Waals surface area contributed by atoms with E-state index in [1.807, 2.05) is 24.3 Å². The monoisotopic (exact) mass is 420 g/mol. The molecule has 0 bridgehead atoms. The van der Waals surface area contributed by atoms with Crippen LogP contribution in [0.15, 0.2) is 54.6 Å². The number of aryl methyl sites for hydroxylation is 2. The molecule has 7 heteroatoms. The molecule has 1 aliphatic heterocycles. The van der Waals surface area contributed by atoms with Gasteiger partial charge in [-0.25, -0.2) is 4.39 Å². The van der Waals surface area contributed by atoms with Crippen molar-refractivity contribution in [2.75, 3.05) is 6.54 Å². The Labute approximate surface area is 180 Å². The van der Waals surface area contributed by atoms with Crippen molar-refractivity contribution in [1.29, 1.82) is 0 Å². The number of fused-ring (bicyclic) bond motifs is 1. The molecule has 2 aromatic carbocycles. The number of aromatic nitrogens is 2. The first-order valence-electron chi connectivity index (χ1n) is 10.5. The normalized spacial score (nSPS) is 13.6. The Bertz CT molecular complexity index is 1090. The lowest BCUT2D eigenvalue weighted by atomic mass is 10.1. The third-order valence-corrected chi connectivity index (χ3v) is 5.46. The summed E-state index contributed by atoms with van der Waals surface area (Å²) in [6, 6.07) is 15.9. The van der Waals surface area contributed by atoms with Crippen LogP contribution in [-0.2, 0) is 26.1 Å². The number of carbonyl (C=O) groups is 2. The molecule has 4 rings (SSSR count). The molecule has 0 aliphatic carbocycles. The van der Waals surface area contributed by atoms with Crippen molar-refractivity contribution < 1.29 is 14.0 Å².